The van der Waals surface area contributed by atoms with E-state index in [-0.39, 0.29) is 17.4 Å². The molecule has 0 aliphatic heterocycles. The molecule has 0 saturated heterocycles. The van der Waals surface area contributed by atoms with Crippen molar-refractivity contribution in [2.24, 2.45) is 0 Å². The van der Waals surface area contributed by atoms with E-state index < -0.39 is 0 Å². The van der Waals surface area contributed by atoms with Crippen LogP contribution in [0.5, 0.6) is 0 Å². The van der Waals surface area contributed by atoms with Crippen LogP contribution in [0.3, 0.4) is 0 Å². The quantitative estimate of drug-likeness (QED) is 0.505. The Morgan fingerprint density at radius 1 is 1.32 bits per heavy atom. The lowest BCUT2D eigenvalue weighted by Crippen LogP contribution is -1.97. The summed E-state index contributed by atoms with van der Waals surface area (Å²) in [5.74, 6) is 5.82. The van der Waals surface area contributed by atoms with Gasteiger partial charge in [-0.3, -0.25) is 0 Å². The van der Waals surface area contributed by atoms with Crippen molar-refractivity contribution in [3.8, 4) is 11.8 Å². The molecule has 2 aromatic rings. The fourth-order valence-corrected chi connectivity index (χ4v) is 1.55. The molecule has 0 fully saturated rings. The first-order chi connectivity index (χ1) is 9.20. The molecule has 2 N–H and O–H groups in total. The lowest BCUT2D eigenvalue weighted by Gasteiger charge is -1.98. The van der Waals surface area contributed by atoms with E-state index in [9.17, 15) is 4.79 Å². The standard InChI is InChI=1S/C13H9ClN4O/c14-12-11(13(15)17-8-16-12)5-4-9-2-1-3-10(18-9)6-7-19/h1-3,7-8H,6H2,(H2,15,16,17). The van der Waals surface area contributed by atoms with Crippen molar-refractivity contribution in [3.63, 3.8) is 0 Å². The molecule has 5 nitrogen and oxygen atoms in total. The van der Waals surface area contributed by atoms with Gasteiger partial charge in [0.15, 0.2) is 0 Å². The van der Waals surface area contributed by atoms with Gasteiger partial charge in [0.05, 0.1) is 0 Å². The van der Waals surface area contributed by atoms with Crippen LogP contribution in [0, 0.1) is 11.8 Å². The van der Waals surface area contributed by atoms with Crippen LogP contribution in [-0.4, -0.2) is 21.2 Å². The number of pyridine rings is 1. The zero-order valence-electron chi connectivity index (χ0n) is 9.80. The minimum absolute atomic E-state index is 0.198. The molecule has 0 saturated carbocycles. The number of anilines is 1. The second kappa shape index (κ2) is 5.94. The minimum Gasteiger partial charge on any atom is -0.383 e. The Balaban J connectivity index is 2.34. The Morgan fingerprint density at radius 2 is 2.16 bits per heavy atom. The predicted molar refractivity (Wildman–Crippen MR) is 71.4 cm³/mol. The summed E-state index contributed by atoms with van der Waals surface area (Å²) in [6.07, 6.45) is 2.32. The third kappa shape index (κ3) is 3.27. The number of nitrogen functional groups attached to an aromatic ring is 1. The van der Waals surface area contributed by atoms with Crippen LogP contribution >= 0.6 is 11.6 Å². The minimum atomic E-state index is 0.198. The number of aromatic nitrogens is 3. The zero-order valence-corrected chi connectivity index (χ0v) is 10.6. The third-order valence-corrected chi connectivity index (χ3v) is 2.53. The van der Waals surface area contributed by atoms with Crippen LogP contribution in [0.1, 0.15) is 17.0 Å². The number of hydrogen-bond donors (Lipinski definition) is 1. The molecule has 0 aliphatic carbocycles. The molecule has 0 unspecified atom stereocenters. The number of nitrogens with zero attached hydrogens (tertiary/aromatic N) is 3. The maximum atomic E-state index is 10.4. The average Bonchev–Trinajstić information content (AvgIpc) is 2.39. The van der Waals surface area contributed by atoms with Crippen LogP contribution in [0.4, 0.5) is 5.82 Å². The Bertz CT molecular complexity index is 656. The van der Waals surface area contributed by atoms with Crippen molar-refractivity contribution in [2.75, 3.05) is 5.73 Å². The van der Waals surface area contributed by atoms with Crippen LogP contribution in [0.15, 0.2) is 24.5 Å². The summed E-state index contributed by atoms with van der Waals surface area (Å²) in [6.45, 7) is 0. The van der Waals surface area contributed by atoms with Gasteiger partial charge in [-0.05, 0) is 18.1 Å². The highest BCUT2D eigenvalue weighted by Crippen LogP contribution is 2.15. The van der Waals surface area contributed by atoms with Gasteiger partial charge in [-0.15, -0.1) is 0 Å². The summed E-state index contributed by atoms with van der Waals surface area (Å²) in [4.78, 5) is 22.3. The van der Waals surface area contributed by atoms with E-state index in [0.29, 0.717) is 17.0 Å². The van der Waals surface area contributed by atoms with Gasteiger partial charge in [0.2, 0.25) is 0 Å². The highest BCUT2D eigenvalue weighted by molar-refractivity contribution is 6.30. The SMILES string of the molecule is Nc1ncnc(Cl)c1C#Cc1cccc(CC=O)n1. The number of carbonyl (C=O) groups is 1. The lowest BCUT2D eigenvalue weighted by molar-refractivity contribution is -0.107. The zero-order chi connectivity index (χ0) is 13.7. The highest BCUT2D eigenvalue weighted by Gasteiger charge is 2.03. The molecule has 2 rings (SSSR count). The normalized spacial score (nSPS) is 9.53. The molecule has 94 valence electrons. The summed E-state index contributed by atoms with van der Waals surface area (Å²) in [7, 11) is 0. The third-order valence-electron chi connectivity index (χ3n) is 2.25. The van der Waals surface area contributed by atoms with Crippen molar-refractivity contribution in [1.29, 1.82) is 0 Å². The molecular formula is C13H9ClN4O. The molecular weight excluding hydrogens is 264 g/mol. The summed E-state index contributed by atoms with van der Waals surface area (Å²) in [5.41, 5.74) is 7.21. The van der Waals surface area contributed by atoms with Crippen molar-refractivity contribution < 1.29 is 4.79 Å². The van der Waals surface area contributed by atoms with Gasteiger partial charge in [-0.1, -0.05) is 23.6 Å². The van der Waals surface area contributed by atoms with E-state index in [1.165, 1.54) is 6.33 Å². The van der Waals surface area contributed by atoms with Gasteiger partial charge >= 0.3 is 0 Å². The monoisotopic (exact) mass is 272 g/mol. The Kier molecular flexibility index (Phi) is 4.06. The summed E-state index contributed by atoms with van der Waals surface area (Å²) < 4.78 is 0. The molecule has 0 bridgehead atoms. The number of nitrogens with two attached hydrogens (primary N) is 1. The smallest absolute Gasteiger partial charge is 0.150 e. The van der Waals surface area contributed by atoms with Crippen LogP contribution in [0.25, 0.3) is 0 Å². The van der Waals surface area contributed by atoms with Gasteiger partial charge in [0, 0.05) is 12.1 Å². The van der Waals surface area contributed by atoms with Crippen LogP contribution in [-0.2, 0) is 11.2 Å². The number of carbonyl (C=O) groups excluding carboxylic acids is 1. The maximum absolute atomic E-state index is 10.4. The van der Waals surface area contributed by atoms with E-state index in [0.717, 1.165) is 6.29 Å². The fourth-order valence-electron chi connectivity index (χ4n) is 1.37. The van der Waals surface area contributed by atoms with Crippen molar-refractivity contribution in [1.82, 2.24) is 15.0 Å². The van der Waals surface area contributed by atoms with E-state index >= 15 is 0 Å². The molecule has 19 heavy (non-hydrogen) atoms. The molecule has 0 atom stereocenters. The second-order valence-corrected chi connectivity index (χ2v) is 3.92. The molecule has 0 amide bonds. The number of rotatable bonds is 2. The molecule has 0 radical (unpaired) electrons. The predicted octanol–water partition coefficient (Wildman–Crippen LogP) is 1.25. The van der Waals surface area contributed by atoms with Gasteiger partial charge in [0.1, 0.15) is 34.8 Å². The number of aldehydes is 1. The Labute approximate surface area is 114 Å². The number of halogens is 1. The lowest BCUT2D eigenvalue weighted by atomic mass is 10.2. The molecule has 2 aromatic heterocycles. The van der Waals surface area contributed by atoms with Crippen molar-refractivity contribution in [3.05, 3.63) is 46.6 Å². The van der Waals surface area contributed by atoms with Gasteiger partial charge in [-0.25, -0.2) is 15.0 Å². The molecule has 0 aliphatic rings. The van der Waals surface area contributed by atoms with Gasteiger partial charge in [0.25, 0.3) is 0 Å². The van der Waals surface area contributed by atoms with Crippen molar-refractivity contribution in [2.45, 2.75) is 6.42 Å². The van der Waals surface area contributed by atoms with Crippen LogP contribution < -0.4 is 5.73 Å². The topological polar surface area (TPSA) is 81.8 Å². The van der Waals surface area contributed by atoms with E-state index in [2.05, 4.69) is 26.8 Å². The van der Waals surface area contributed by atoms with E-state index in [1.54, 1.807) is 18.2 Å². The van der Waals surface area contributed by atoms with Crippen molar-refractivity contribution >= 4 is 23.7 Å². The molecule has 0 aromatic carbocycles. The largest absolute Gasteiger partial charge is 0.383 e. The van der Waals surface area contributed by atoms with Gasteiger partial charge in [-0.2, -0.15) is 0 Å². The first kappa shape index (κ1) is 13.0. The van der Waals surface area contributed by atoms with E-state index in [4.69, 9.17) is 17.3 Å². The highest BCUT2D eigenvalue weighted by atomic mass is 35.5. The summed E-state index contributed by atoms with van der Waals surface area (Å²) in [5, 5.41) is 0.198. The summed E-state index contributed by atoms with van der Waals surface area (Å²) in [6, 6.07) is 5.27. The maximum Gasteiger partial charge on any atom is 0.150 e. The summed E-state index contributed by atoms with van der Waals surface area (Å²) >= 11 is 5.88. The Hall–Kier alpha value is -2.45. The molecule has 0 spiro atoms. The molecule has 6 heteroatoms. The average molecular weight is 273 g/mol. The first-order valence-electron chi connectivity index (χ1n) is 5.38. The van der Waals surface area contributed by atoms with Crippen LogP contribution in [0.2, 0.25) is 5.15 Å². The number of hydrogen-bond acceptors (Lipinski definition) is 5. The second-order valence-electron chi connectivity index (χ2n) is 3.56. The fraction of sp³-hybridized carbons (Fsp3) is 0.0769. The van der Waals surface area contributed by atoms with Gasteiger partial charge < -0.3 is 10.5 Å². The molecule has 2 heterocycles. The first-order valence-corrected chi connectivity index (χ1v) is 5.76. The van der Waals surface area contributed by atoms with E-state index in [1.807, 2.05) is 0 Å². The Morgan fingerprint density at radius 3 is 2.89 bits per heavy atom.